The third-order valence-electron chi connectivity index (χ3n) is 3.83. The van der Waals surface area contributed by atoms with Gasteiger partial charge in [0.1, 0.15) is 11.4 Å². The molecule has 2 N–H and O–H groups in total. The van der Waals surface area contributed by atoms with Gasteiger partial charge in [-0.2, -0.15) is 0 Å². The second-order valence-electron chi connectivity index (χ2n) is 5.38. The molecular formula is C16H17BrN2O2. The van der Waals surface area contributed by atoms with E-state index in [1.54, 1.807) is 12.3 Å². The fourth-order valence-corrected chi connectivity index (χ4v) is 3.13. The SMILES string of the molecule is OCC1Cc2ccccc2N(Cc2ncc(Br)cc2O)C1. The van der Waals surface area contributed by atoms with Crippen molar-refractivity contribution in [2.75, 3.05) is 18.1 Å². The molecule has 21 heavy (non-hydrogen) atoms. The van der Waals surface area contributed by atoms with E-state index in [-0.39, 0.29) is 18.3 Å². The first-order chi connectivity index (χ1) is 10.2. The molecule has 1 aliphatic heterocycles. The van der Waals surface area contributed by atoms with Gasteiger partial charge in [-0.3, -0.25) is 4.98 Å². The van der Waals surface area contributed by atoms with Crippen LogP contribution < -0.4 is 4.90 Å². The Kier molecular flexibility index (Phi) is 4.12. The quantitative estimate of drug-likeness (QED) is 0.895. The van der Waals surface area contributed by atoms with Crippen molar-refractivity contribution >= 4 is 21.6 Å². The zero-order chi connectivity index (χ0) is 14.8. The molecule has 1 atom stereocenters. The highest BCUT2D eigenvalue weighted by atomic mass is 79.9. The number of fused-ring (bicyclic) bond motifs is 1. The normalized spacial score (nSPS) is 17.6. The van der Waals surface area contributed by atoms with Crippen molar-refractivity contribution in [3.05, 3.63) is 52.3 Å². The molecule has 1 aromatic heterocycles. The van der Waals surface area contributed by atoms with Crippen molar-refractivity contribution in [1.82, 2.24) is 4.98 Å². The molecule has 0 saturated heterocycles. The smallest absolute Gasteiger partial charge is 0.140 e. The van der Waals surface area contributed by atoms with Crippen LogP contribution in [-0.4, -0.2) is 28.3 Å². The summed E-state index contributed by atoms with van der Waals surface area (Å²) in [5.41, 5.74) is 3.04. The van der Waals surface area contributed by atoms with Crippen LogP contribution in [0, 0.1) is 5.92 Å². The van der Waals surface area contributed by atoms with Crippen LogP contribution in [0.3, 0.4) is 0 Å². The number of anilines is 1. The van der Waals surface area contributed by atoms with Gasteiger partial charge in [-0.25, -0.2) is 0 Å². The summed E-state index contributed by atoms with van der Waals surface area (Å²) in [7, 11) is 0. The predicted molar refractivity (Wildman–Crippen MR) is 85.4 cm³/mol. The second-order valence-corrected chi connectivity index (χ2v) is 6.30. The number of pyridine rings is 1. The first-order valence-electron chi connectivity index (χ1n) is 6.94. The van der Waals surface area contributed by atoms with Gasteiger partial charge in [0, 0.05) is 35.4 Å². The third kappa shape index (κ3) is 3.04. The van der Waals surface area contributed by atoms with E-state index in [0.717, 1.165) is 23.1 Å². The van der Waals surface area contributed by atoms with E-state index in [9.17, 15) is 10.2 Å². The van der Waals surface area contributed by atoms with E-state index in [4.69, 9.17) is 0 Å². The van der Waals surface area contributed by atoms with E-state index in [0.29, 0.717) is 12.2 Å². The molecule has 0 fully saturated rings. The molecule has 0 saturated carbocycles. The molecule has 1 unspecified atom stereocenters. The predicted octanol–water partition coefficient (Wildman–Crippen LogP) is 2.72. The lowest BCUT2D eigenvalue weighted by atomic mass is 9.93. The molecule has 110 valence electrons. The van der Waals surface area contributed by atoms with Crippen molar-refractivity contribution in [3.8, 4) is 5.75 Å². The standard InChI is InChI=1S/C16H17BrN2O2/c17-13-6-16(21)14(18-7-13)9-19-8-11(10-20)5-12-3-1-2-4-15(12)19/h1-4,6-7,11,20-21H,5,8-10H2. The fourth-order valence-electron chi connectivity index (χ4n) is 2.81. The van der Waals surface area contributed by atoms with Crippen molar-refractivity contribution in [2.24, 2.45) is 5.92 Å². The van der Waals surface area contributed by atoms with Crippen molar-refractivity contribution in [1.29, 1.82) is 0 Å². The van der Waals surface area contributed by atoms with E-state index in [1.165, 1.54) is 5.56 Å². The lowest BCUT2D eigenvalue weighted by molar-refractivity contribution is 0.223. The monoisotopic (exact) mass is 348 g/mol. The highest BCUT2D eigenvalue weighted by molar-refractivity contribution is 9.10. The molecule has 0 spiro atoms. The molecule has 1 aliphatic rings. The Morgan fingerprint density at radius 2 is 2.14 bits per heavy atom. The number of para-hydroxylation sites is 1. The Morgan fingerprint density at radius 1 is 1.33 bits per heavy atom. The third-order valence-corrected chi connectivity index (χ3v) is 4.27. The summed E-state index contributed by atoms with van der Waals surface area (Å²) in [6.45, 7) is 1.47. The van der Waals surface area contributed by atoms with Crippen LogP contribution in [-0.2, 0) is 13.0 Å². The molecule has 2 aromatic rings. The van der Waals surface area contributed by atoms with Crippen LogP contribution in [0.15, 0.2) is 41.0 Å². The summed E-state index contributed by atoms with van der Waals surface area (Å²) >= 11 is 3.30. The Morgan fingerprint density at radius 3 is 2.90 bits per heavy atom. The van der Waals surface area contributed by atoms with E-state index >= 15 is 0 Å². The lowest BCUT2D eigenvalue weighted by Crippen LogP contribution is -2.36. The molecular weight excluding hydrogens is 332 g/mol. The summed E-state index contributed by atoms with van der Waals surface area (Å²) in [5, 5.41) is 19.5. The molecule has 4 nitrogen and oxygen atoms in total. The fraction of sp³-hybridized carbons (Fsp3) is 0.312. The van der Waals surface area contributed by atoms with E-state index in [2.05, 4.69) is 37.9 Å². The first-order valence-corrected chi connectivity index (χ1v) is 7.73. The minimum Gasteiger partial charge on any atom is -0.506 e. The number of hydrogen-bond donors (Lipinski definition) is 2. The number of aliphatic hydroxyl groups excluding tert-OH is 1. The van der Waals surface area contributed by atoms with Crippen LogP contribution in [0.4, 0.5) is 5.69 Å². The van der Waals surface area contributed by atoms with Gasteiger partial charge in [-0.05, 0) is 40.0 Å². The maximum Gasteiger partial charge on any atom is 0.140 e. The van der Waals surface area contributed by atoms with Gasteiger partial charge >= 0.3 is 0 Å². The minimum absolute atomic E-state index is 0.171. The Hall–Kier alpha value is -1.59. The molecule has 0 aliphatic carbocycles. The first kappa shape index (κ1) is 14.4. The van der Waals surface area contributed by atoms with Crippen LogP contribution >= 0.6 is 15.9 Å². The van der Waals surface area contributed by atoms with Gasteiger partial charge in [-0.1, -0.05) is 18.2 Å². The van der Waals surface area contributed by atoms with Crippen molar-refractivity contribution < 1.29 is 10.2 Å². The summed E-state index contributed by atoms with van der Waals surface area (Å²) in [6.07, 6.45) is 2.58. The zero-order valence-electron chi connectivity index (χ0n) is 11.5. The van der Waals surface area contributed by atoms with Gasteiger partial charge in [0.2, 0.25) is 0 Å². The average molecular weight is 349 g/mol. The van der Waals surface area contributed by atoms with Gasteiger partial charge in [0.15, 0.2) is 0 Å². The van der Waals surface area contributed by atoms with Crippen LogP contribution in [0.5, 0.6) is 5.75 Å². The van der Waals surface area contributed by atoms with Gasteiger partial charge in [0.25, 0.3) is 0 Å². The number of hydrogen-bond acceptors (Lipinski definition) is 4. The van der Waals surface area contributed by atoms with E-state index < -0.39 is 0 Å². The number of benzene rings is 1. The van der Waals surface area contributed by atoms with E-state index in [1.807, 2.05) is 12.1 Å². The van der Waals surface area contributed by atoms with Crippen molar-refractivity contribution in [2.45, 2.75) is 13.0 Å². The number of aliphatic hydroxyl groups is 1. The molecule has 0 bridgehead atoms. The Bertz CT molecular complexity index is 648. The summed E-state index contributed by atoms with van der Waals surface area (Å²) in [5.74, 6) is 0.408. The van der Waals surface area contributed by atoms with Gasteiger partial charge in [0.05, 0.1) is 6.54 Å². The lowest BCUT2D eigenvalue weighted by Gasteiger charge is -2.35. The summed E-state index contributed by atoms with van der Waals surface area (Å²) in [4.78, 5) is 6.47. The summed E-state index contributed by atoms with van der Waals surface area (Å²) < 4.78 is 0.760. The average Bonchev–Trinajstić information content (AvgIpc) is 2.49. The zero-order valence-corrected chi connectivity index (χ0v) is 13.1. The maximum atomic E-state index is 10.0. The van der Waals surface area contributed by atoms with Crippen molar-refractivity contribution in [3.63, 3.8) is 0 Å². The summed E-state index contributed by atoms with van der Waals surface area (Å²) in [6, 6.07) is 9.87. The molecule has 1 aromatic carbocycles. The Labute approximate surface area is 132 Å². The maximum absolute atomic E-state index is 10.0. The van der Waals surface area contributed by atoms with Crippen LogP contribution in [0.2, 0.25) is 0 Å². The molecule has 3 rings (SSSR count). The highest BCUT2D eigenvalue weighted by Gasteiger charge is 2.24. The van der Waals surface area contributed by atoms with Crippen LogP contribution in [0.25, 0.3) is 0 Å². The number of nitrogens with zero attached hydrogens (tertiary/aromatic N) is 2. The molecule has 5 heteroatoms. The van der Waals surface area contributed by atoms with Gasteiger partial charge in [-0.15, -0.1) is 0 Å². The number of aromatic nitrogens is 1. The minimum atomic E-state index is 0.171. The molecule has 2 heterocycles. The van der Waals surface area contributed by atoms with Crippen LogP contribution in [0.1, 0.15) is 11.3 Å². The van der Waals surface area contributed by atoms with Gasteiger partial charge < -0.3 is 15.1 Å². The number of aromatic hydroxyl groups is 1. The molecule has 0 amide bonds. The second kappa shape index (κ2) is 6.03. The topological polar surface area (TPSA) is 56.6 Å². The number of rotatable bonds is 3. The highest BCUT2D eigenvalue weighted by Crippen LogP contribution is 2.32. The molecule has 0 radical (unpaired) electrons. The Balaban J connectivity index is 1.90. The largest absolute Gasteiger partial charge is 0.506 e. The number of halogens is 1.